The van der Waals surface area contributed by atoms with Gasteiger partial charge in [-0.2, -0.15) is 0 Å². The van der Waals surface area contributed by atoms with Gasteiger partial charge in [0.15, 0.2) is 5.85 Å². The van der Waals surface area contributed by atoms with Gasteiger partial charge in [-0.25, -0.2) is 9.13 Å². The molecule has 10 heavy (non-hydrogen) atoms. The maximum Gasteiger partial charge on any atom is 0.347 e. The Morgan fingerprint density at radius 3 is 1.80 bits per heavy atom. The molecular weight excluding hydrogens is 212 g/mol. The Balaban J connectivity index is 0. The van der Waals surface area contributed by atoms with Crippen LogP contribution in [0.4, 0.5) is 0 Å². The first kappa shape index (κ1) is 13.0. The van der Waals surface area contributed by atoms with Crippen LogP contribution in [-0.4, -0.2) is 33.9 Å². The van der Waals surface area contributed by atoms with Crippen LogP contribution < -0.4 is 0 Å². The molecule has 0 fully saturated rings. The SMILES string of the molecule is O=P(=O)C(O)C(O)CO.[Zn]. The number of hydrogen-bond donors (Lipinski definition) is 3. The summed E-state index contributed by atoms with van der Waals surface area (Å²) in [6.07, 6.45) is -1.59. The zero-order chi connectivity index (χ0) is 7.44. The average Bonchev–Trinajstić information content (AvgIpc) is 1.84. The van der Waals surface area contributed by atoms with Crippen LogP contribution >= 0.6 is 7.68 Å². The molecule has 0 bridgehead atoms. The van der Waals surface area contributed by atoms with Crippen LogP contribution in [0.2, 0.25) is 0 Å². The third-order valence-corrected chi connectivity index (χ3v) is 1.52. The summed E-state index contributed by atoms with van der Waals surface area (Å²) in [5.74, 6) is -1.86. The van der Waals surface area contributed by atoms with Crippen molar-refractivity contribution >= 4 is 7.68 Å². The first-order valence-electron chi connectivity index (χ1n) is 2.20. The molecule has 0 aliphatic carbocycles. The van der Waals surface area contributed by atoms with Crippen LogP contribution in [0.3, 0.4) is 0 Å². The van der Waals surface area contributed by atoms with E-state index in [4.69, 9.17) is 15.3 Å². The number of aliphatic hydroxyl groups excluding tert-OH is 3. The van der Waals surface area contributed by atoms with Crippen LogP contribution in [-0.2, 0) is 28.6 Å². The van der Waals surface area contributed by atoms with Crippen LogP contribution in [0.1, 0.15) is 0 Å². The molecule has 2 atom stereocenters. The fourth-order valence-electron chi connectivity index (χ4n) is 0.235. The Labute approximate surface area is 70.6 Å². The van der Waals surface area contributed by atoms with E-state index < -0.39 is 26.2 Å². The second-order valence-electron chi connectivity index (χ2n) is 1.45. The summed E-state index contributed by atoms with van der Waals surface area (Å²) in [5, 5.41) is 24.9. The fourth-order valence-corrected chi connectivity index (χ4v) is 0.610. The van der Waals surface area contributed by atoms with Gasteiger partial charge in [-0.1, -0.05) is 0 Å². The molecule has 0 spiro atoms. The number of hydrogen-bond acceptors (Lipinski definition) is 5. The Morgan fingerprint density at radius 1 is 1.30 bits per heavy atom. The Hall–Kier alpha value is 0.403. The van der Waals surface area contributed by atoms with Gasteiger partial charge in [0, 0.05) is 19.5 Å². The van der Waals surface area contributed by atoms with E-state index in [2.05, 4.69) is 0 Å². The summed E-state index contributed by atoms with van der Waals surface area (Å²) in [6, 6.07) is 0. The van der Waals surface area contributed by atoms with Crippen molar-refractivity contribution in [3.8, 4) is 0 Å². The standard InChI is InChI=1S/C3H7O5P.Zn/c4-1-2(5)3(6)9(7)8;/h2-6H,1H2;. The molecular formula is C3H7O5PZn. The summed E-state index contributed by atoms with van der Waals surface area (Å²) < 4.78 is 19.6. The number of aliphatic hydroxyl groups is 3. The molecule has 0 saturated carbocycles. The smallest absolute Gasteiger partial charge is 0.347 e. The molecule has 0 aromatic carbocycles. The molecule has 0 aliphatic heterocycles. The van der Waals surface area contributed by atoms with E-state index in [0.717, 1.165) is 0 Å². The minimum atomic E-state index is -3.06. The zero-order valence-corrected chi connectivity index (χ0v) is 9.04. The van der Waals surface area contributed by atoms with Gasteiger partial charge in [-0.05, 0) is 0 Å². The molecule has 0 saturated heterocycles. The largest absolute Gasteiger partial charge is 0.394 e. The van der Waals surface area contributed by atoms with Gasteiger partial charge >= 0.3 is 7.68 Å². The Bertz CT molecular complexity index is 138. The van der Waals surface area contributed by atoms with Crippen molar-refractivity contribution in [2.75, 3.05) is 6.61 Å². The second kappa shape index (κ2) is 6.14. The van der Waals surface area contributed by atoms with Crippen molar-refractivity contribution in [2.24, 2.45) is 0 Å². The molecule has 0 radical (unpaired) electrons. The Kier molecular flexibility index (Phi) is 7.99. The van der Waals surface area contributed by atoms with Crippen molar-refractivity contribution in [2.45, 2.75) is 11.9 Å². The van der Waals surface area contributed by atoms with E-state index in [1.54, 1.807) is 0 Å². The maximum absolute atomic E-state index is 9.82. The van der Waals surface area contributed by atoms with Gasteiger partial charge in [0.2, 0.25) is 0 Å². The van der Waals surface area contributed by atoms with Crippen molar-refractivity contribution in [3.63, 3.8) is 0 Å². The van der Waals surface area contributed by atoms with Gasteiger partial charge < -0.3 is 15.3 Å². The van der Waals surface area contributed by atoms with Crippen LogP contribution in [0.5, 0.6) is 0 Å². The quantitative estimate of drug-likeness (QED) is 0.411. The van der Waals surface area contributed by atoms with E-state index in [0.29, 0.717) is 0 Å². The molecule has 2 unspecified atom stereocenters. The molecule has 56 valence electrons. The molecule has 0 aliphatic rings. The van der Waals surface area contributed by atoms with Gasteiger partial charge in [0.1, 0.15) is 6.10 Å². The van der Waals surface area contributed by atoms with Crippen molar-refractivity contribution in [1.82, 2.24) is 0 Å². The molecule has 0 aromatic heterocycles. The minimum absolute atomic E-state index is 0. The third-order valence-electron chi connectivity index (χ3n) is 0.747. The van der Waals surface area contributed by atoms with Crippen LogP contribution in [0.15, 0.2) is 0 Å². The van der Waals surface area contributed by atoms with Crippen molar-refractivity contribution in [1.29, 1.82) is 0 Å². The molecule has 3 N–H and O–H groups in total. The third kappa shape index (κ3) is 4.26. The van der Waals surface area contributed by atoms with E-state index in [1.807, 2.05) is 0 Å². The van der Waals surface area contributed by atoms with Crippen molar-refractivity contribution in [3.05, 3.63) is 0 Å². The minimum Gasteiger partial charge on any atom is -0.394 e. The predicted molar refractivity (Wildman–Crippen MR) is 27.4 cm³/mol. The molecule has 0 aromatic rings. The maximum atomic E-state index is 9.82. The summed E-state index contributed by atoms with van der Waals surface area (Å²) >= 11 is 0. The Morgan fingerprint density at radius 2 is 1.70 bits per heavy atom. The average molecular weight is 219 g/mol. The fraction of sp³-hybridized carbons (Fsp3) is 1.00. The monoisotopic (exact) mass is 218 g/mol. The zero-order valence-electron chi connectivity index (χ0n) is 5.17. The normalized spacial score (nSPS) is 15.1. The van der Waals surface area contributed by atoms with Crippen LogP contribution in [0, 0.1) is 0 Å². The van der Waals surface area contributed by atoms with E-state index in [-0.39, 0.29) is 19.5 Å². The van der Waals surface area contributed by atoms with Gasteiger partial charge in [-0.3, -0.25) is 0 Å². The first-order valence-corrected chi connectivity index (χ1v) is 3.44. The van der Waals surface area contributed by atoms with E-state index >= 15 is 0 Å². The van der Waals surface area contributed by atoms with Gasteiger partial charge in [-0.15, -0.1) is 0 Å². The topological polar surface area (TPSA) is 94.8 Å². The summed E-state index contributed by atoms with van der Waals surface area (Å²) in [7, 11) is -3.06. The van der Waals surface area contributed by atoms with Crippen LogP contribution in [0.25, 0.3) is 0 Å². The number of rotatable bonds is 3. The van der Waals surface area contributed by atoms with Gasteiger partial charge in [0.05, 0.1) is 6.61 Å². The molecule has 0 heterocycles. The van der Waals surface area contributed by atoms with Crippen molar-refractivity contribution < 1.29 is 43.9 Å². The molecule has 0 rings (SSSR count). The predicted octanol–water partition coefficient (Wildman–Crippen LogP) is -1.17. The first-order chi connectivity index (χ1) is 4.09. The van der Waals surface area contributed by atoms with E-state index in [1.165, 1.54) is 0 Å². The van der Waals surface area contributed by atoms with E-state index in [9.17, 15) is 9.13 Å². The van der Waals surface area contributed by atoms with Gasteiger partial charge in [0.25, 0.3) is 0 Å². The second-order valence-corrected chi connectivity index (χ2v) is 2.55. The molecule has 0 amide bonds. The summed E-state index contributed by atoms with van der Waals surface area (Å²) in [4.78, 5) is 0. The molecule has 7 heteroatoms. The summed E-state index contributed by atoms with van der Waals surface area (Å²) in [6.45, 7) is -0.759. The molecule has 5 nitrogen and oxygen atoms in total. The summed E-state index contributed by atoms with van der Waals surface area (Å²) in [5.41, 5.74) is 0.